The van der Waals surface area contributed by atoms with Gasteiger partial charge in [-0.1, -0.05) is 0 Å². The van der Waals surface area contributed by atoms with E-state index >= 15 is 0 Å². The third kappa shape index (κ3) is 2.30. The van der Waals surface area contributed by atoms with E-state index in [1.54, 1.807) is 0 Å². The van der Waals surface area contributed by atoms with Crippen molar-refractivity contribution in [1.82, 2.24) is 0 Å². The third-order valence-corrected chi connectivity index (χ3v) is 1.26. The molecule has 0 bridgehead atoms. The van der Waals surface area contributed by atoms with E-state index in [4.69, 9.17) is 10.8 Å². The van der Waals surface area contributed by atoms with E-state index in [9.17, 15) is 4.79 Å². The lowest BCUT2D eigenvalue weighted by atomic mass is 10.2. The van der Waals surface area contributed by atoms with Crippen LogP contribution in [-0.4, -0.2) is 23.4 Å². The SMILES string of the molecule is N[C@@H](CCC1OO1)C(=O)O. The van der Waals surface area contributed by atoms with Crippen molar-refractivity contribution in [2.24, 2.45) is 5.73 Å². The van der Waals surface area contributed by atoms with Crippen molar-refractivity contribution < 1.29 is 19.7 Å². The fourth-order valence-electron chi connectivity index (χ4n) is 0.575. The van der Waals surface area contributed by atoms with Gasteiger partial charge in [0.2, 0.25) is 6.29 Å². The molecule has 58 valence electrons. The zero-order chi connectivity index (χ0) is 7.56. The highest BCUT2D eigenvalue weighted by molar-refractivity contribution is 5.72. The second-order valence-electron chi connectivity index (χ2n) is 2.14. The maximum atomic E-state index is 10.1. The van der Waals surface area contributed by atoms with Gasteiger partial charge < -0.3 is 10.8 Å². The van der Waals surface area contributed by atoms with E-state index in [-0.39, 0.29) is 6.29 Å². The van der Waals surface area contributed by atoms with Gasteiger partial charge in [0.1, 0.15) is 6.04 Å². The maximum Gasteiger partial charge on any atom is 0.320 e. The minimum absolute atomic E-state index is 0.217. The Balaban J connectivity index is 2.05. The van der Waals surface area contributed by atoms with Crippen LogP contribution in [0.4, 0.5) is 0 Å². The Morgan fingerprint density at radius 1 is 1.70 bits per heavy atom. The van der Waals surface area contributed by atoms with Crippen LogP contribution in [0.25, 0.3) is 0 Å². The summed E-state index contributed by atoms with van der Waals surface area (Å²) in [4.78, 5) is 18.9. The molecule has 1 aliphatic heterocycles. The highest BCUT2D eigenvalue weighted by atomic mass is 17.4. The number of carboxylic acids is 1. The van der Waals surface area contributed by atoms with E-state index in [2.05, 4.69) is 9.78 Å². The quantitative estimate of drug-likeness (QED) is 0.412. The van der Waals surface area contributed by atoms with Gasteiger partial charge in [0.25, 0.3) is 0 Å². The largest absolute Gasteiger partial charge is 0.480 e. The van der Waals surface area contributed by atoms with Crippen LogP contribution in [0.5, 0.6) is 0 Å². The molecule has 0 aromatic rings. The van der Waals surface area contributed by atoms with Crippen molar-refractivity contribution in [2.45, 2.75) is 25.2 Å². The summed E-state index contributed by atoms with van der Waals surface area (Å²) in [6.07, 6.45) is 0.721. The number of hydrogen-bond acceptors (Lipinski definition) is 4. The molecule has 0 saturated carbocycles. The minimum Gasteiger partial charge on any atom is -0.480 e. The summed E-state index contributed by atoms with van der Waals surface area (Å²) < 4.78 is 0. The normalized spacial score (nSPS) is 20.5. The third-order valence-electron chi connectivity index (χ3n) is 1.26. The molecular formula is C5H9NO4. The molecule has 1 atom stereocenters. The van der Waals surface area contributed by atoms with Crippen LogP contribution < -0.4 is 5.73 Å². The first kappa shape index (κ1) is 7.46. The molecule has 5 heteroatoms. The van der Waals surface area contributed by atoms with Gasteiger partial charge in [0.05, 0.1) is 0 Å². The first-order valence-corrected chi connectivity index (χ1v) is 3.00. The summed E-state index contributed by atoms with van der Waals surface area (Å²) in [6.45, 7) is 0. The molecule has 10 heavy (non-hydrogen) atoms. The molecule has 0 unspecified atom stereocenters. The lowest BCUT2D eigenvalue weighted by molar-refractivity contribution is -0.138. The zero-order valence-electron chi connectivity index (χ0n) is 5.32. The van der Waals surface area contributed by atoms with Gasteiger partial charge in [-0.2, -0.15) is 9.78 Å². The second kappa shape index (κ2) is 2.96. The van der Waals surface area contributed by atoms with Crippen LogP contribution >= 0.6 is 0 Å². The van der Waals surface area contributed by atoms with E-state index in [1.807, 2.05) is 0 Å². The average Bonchev–Trinajstić information content (AvgIpc) is 2.64. The molecule has 1 rings (SSSR count). The van der Waals surface area contributed by atoms with Crippen LogP contribution in [0.15, 0.2) is 0 Å². The molecular weight excluding hydrogens is 138 g/mol. The Bertz CT molecular complexity index is 134. The summed E-state index contributed by atoms with van der Waals surface area (Å²) in [5.41, 5.74) is 5.18. The molecule has 1 fully saturated rings. The fraction of sp³-hybridized carbons (Fsp3) is 0.800. The molecule has 5 nitrogen and oxygen atoms in total. The van der Waals surface area contributed by atoms with Crippen LogP contribution in [0.1, 0.15) is 12.8 Å². The Morgan fingerprint density at radius 2 is 2.30 bits per heavy atom. The first-order valence-electron chi connectivity index (χ1n) is 3.00. The molecule has 0 amide bonds. The Morgan fingerprint density at radius 3 is 2.70 bits per heavy atom. The van der Waals surface area contributed by atoms with Gasteiger partial charge in [0.15, 0.2) is 0 Å². The molecule has 1 aliphatic rings. The van der Waals surface area contributed by atoms with Crippen LogP contribution in [0, 0.1) is 0 Å². The predicted molar refractivity (Wildman–Crippen MR) is 30.8 cm³/mol. The van der Waals surface area contributed by atoms with Gasteiger partial charge in [0, 0.05) is 6.42 Å². The van der Waals surface area contributed by atoms with Crippen LogP contribution in [0.2, 0.25) is 0 Å². The fourth-order valence-corrected chi connectivity index (χ4v) is 0.575. The summed E-state index contributed by atoms with van der Waals surface area (Å²) in [7, 11) is 0. The van der Waals surface area contributed by atoms with Crippen LogP contribution in [-0.2, 0) is 14.6 Å². The van der Waals surface area contributed by atoms with E-state index in [0.29, 0.717) is 12.8 Å². The van der Waals surface area contributed by atoms with Crippen molar-refractivity contribution in [2.75, 3.05) is 0 Å². The summed E-state index contributed by atoms with van der Waals surface area (Å²) in [5.74, 6) is -0.986. The summed E-state index contributed by atoms with van der Waals surface area (Å²) >= 11 is 0. The first-order chi connectivity index (χ1) is 4.70. The molecule has 1 heterocycles. The maximum absolute atomic E-state index is 10.1. The lowest BCUT2D eigenvalue weighted by Crippen LogP contribution is -2.30. The molecule has 1 saturated heterocycles. The molecule has 0 spiro atoms. The number of rotatable bonds is 4. The Labute approximate surface area is 57.6 Å². The van der Waals surface area contributed by atoms with Gasteiger partial charge in [-0.3, -0.25) is 4.79 Å². The average molecular weight is 147 g/mol. The predicted octanol–water partition coefficient (Wildman–Crippen LogP) is -0.534. The van der Waals surface area contributed by atoms with E-state index < -0.39 is 12.0 Å². The minimum atomic E-state index is -0.986. The second-order valence-corrected chi connectivity index (χ2v) is 2.14. The molecule has 0 aromatic carbocycles. The summed E-state index contributed by atoms with van der Waals surface area (Å²) in [6, 6.07) is -0.798. The Hall–Kier alpha value is -0.650. The highest BCUT2D eigenvalue weighted by Gasteiger charge is 2.27. The van der Waals surface area contributed by atoms with Crippen LogP contribution in [0.3, 0.4) is 0 Å². The van der Waals surface area contributed by atoms with Crippen molar-refractivity contribution in [3.8, 4) is 0 Å². The van der Waals surface area contributed by atoms with Crippen molar-refractivity contribution in [1.29, 1.82) is 0 Å². The highest BCUT2D eigenvalue weighted by Crippen LogP contribution is 2.18. The smallest absolute Gasteiger partial charge is 0.320 e. The topological polar surface area (TPSA) is 88.4 Å². The van der Waals surface area contributed by atoms with Crippen molar-refractivity contribution >= 4 is 5.97 Å². The zero-order valence-corrected chi connectivity index (χ0v) is 5.32. The number of nitrogens with two attached hydrogens (primary N) is 1. The summed E-state index contributed by atoms with van der Waals surface area (Å²) in [5, 5.41) is 8.31. The number of hydrogen-bond donors (Lipinski definition) is 2. The molecule has 0 radical (unpaired) electrons. The monoisotopic (exact) mass is 147 g/mol. The molecule has 3 N–H and O–H groups in total. The Kier molecular flexibility index (Phi) is 2.21. The molecule has 0 aliphatic carbocycles. The van der Waals surface area contributed by atoms with Crippen molar-refractivity contribution in [3.05, 3.63) is 0 Å². The van der Waals surface area contributed by atoms with E-state index in [1.165, 1.54) is 0 Å². The number of carbonyl (C=O) groups is 1. The van der Waals surface area contributed by atoms with Crippen molar-refractivity contribution in [3.63, 3.8) is 0 Å². The van der Waals surface area contributed by atoms with Gasteiger partial charge in [-0.25, -0.2) is 0 Å². The van der Waals surface area contributed by atoms with Gasteiger partial charge in [-0.05, 0) is 6.42 Å². The molecule has 0 aromatic heterocycles. The number of aliphatic carboxylic acids is 1. The number of carboxylic acid groups (broad SMARTS) is 1. The van der Waals surface area contributed by atoms with Gasteiger partial charge >= 0.3 is 5.97 Å². The lowest BCUT2D eigenvalue weighted by Gasteiger charge is -2.01. The van der Waals surface area contributed by atoms with Gasteiger partial charge in [-0.15, -0.1) is 0 Å². The van der Waals surface area contributed by atoms with E-state index in [0.717, 1.165) is 0 Å². The standard InChI is InChI=1S/C5H9NO4/c6-3(5(7)8)1-2-4-9-10-4/h3-4H,1-2,6H2,(H,7,8)/t3-/m0/s1.